The summed E-state index contributed by atoms with van der Waals surface area (Å²) in [7, 11) is 0. The van der Waals surface area contributed by atoms with E-state index in [1.165, 1.54) is 6.92 Å². The lowest BCUT2D eigenvalue weighted by Crippen LogP contribution is -2.30. The summed E-state index contributed by atoms with van der Waals surface area (Å²) in [4.78, 5) is 19.9. The maximum atomic E-state index is 11.1. The Morgan fingerprint density at radius 1 is 1.56 bits per heavy atom. The minimum absolute atomic E-state index is 0.0281. The van der Waals surface area contributed by atoms with Crippen LogP contribution in [0.1, 0.15) is 19.0 Å². The molecule has 2 rings (SSSR count). The van der Waals surface area contributed by atoms with Gasteiger partial charge in [0.15, 0.2) is 0 Å². The Balaban J connectivity index is 2.47. The molecule has 1 fully saturated rings. The third-order valence-corrected chi connectivity index (χ3v) is 3.12. The van der Waals surface area contributed by atoms with Crippen LogP contribution in [0.3, 0.4) is 0 Å². The van der Waals surface area contributed by atoms with Crippen LogP contribution < -0.4 is 4.90 Å². The van der Waals surface area contributed by atoms with Crippen molar-refractivity contribution in [1.29, 1.82) is 0 Å². The van der Waals surface area contributed by atoms with E-state index in [4.69, 9.17) is 11.6 Å². The zero-order valence-electron chi connectivity index (χ0n) is 10.1. The zero-order valence-corrected chi connectivity index (χ0v) is 10.8. The van der Waals surface area contributed by atoms with E-state index in [1.807, 2.05) is 0 Å². The van der Waals surface area contributed by atoms with Crippen LogP contribution >= 0.6 is 11.6 Å². The molecule has 0 spiro atoms. The van der Waals surface area contributed by atoms with Gasteiger partial charge in [-0.05, 0) is 31.9 Å². The Morgan fingerprint density at radius 2 is 2.22 bits per heavy atom. The van der Waals surface area contributed by atoms with E-state index < -0.39 is 10.5 Å². The number of halogens is 1. The highest BCUT2D eigenvalue weighted by atomic mass is 35.5. The number of nitro groups is 1. The van der Waals surface area contributed by atoms with Crippen LogP contribution in [-0.2, 0) is 0 Å². The predicted octanol–water partition coefficient (Wildman–Crippen LogP) is 1.31. The second-order valence-corrected chi connectivity index (χ2v) is 5.01. The summed E-state index contributed by atoms with van der Waals surface area (Å²) >= 11 is 5.74. The summed E-state index contributed by atoms with van der Waals surface area (Å²) in [6.07, 6.45) is 0.533. The molecule has 98 valence electrons. The first-order valence-corrected chi connectivity index (χ1v) is 5.84. The number of aliphatic hydroxyl groups is 1. The summed E-state index contributed by atoms with van der Waals surface area (Å²) in [6.45, 7) is 4.00. The Hall–Kier alpha value is -1.47. The first-order chi connectivity index (χ1) is 8.30. The largest absolute Gasteiger partial charge is 0.388 e. The number of hydrogen-bond acceptors (Lipinski definition) is 6. The molecule has 1 aromatic heterocycles. The summed E-state index contributed by atoms with van der Waals surface area (Å²) in [6, 6.07) is 0. The highest BCUT2D eigenvalue weighted by molar-refractivity contribution is 6.28. The third kappa shape index (κ3) is 2.37. The second kappa shape index (κ2) is 4.33. The number of β-amino-alcohol motifs (C(OH)–C–C–N with tert-alkyl or cyclic N) is 1. The molecule has 0 saturated carbocycles. The van der Waals surface area contributed by atoms with Crippen molar-refractivity contribution in [2.45, 2.75) is 25.9 Å². The molecule has 8 heteroatoms. The van der Waals surface area contributed by atoms with E-state index in [2.05, 4.69) is 9.97 Å². The van der Waals surface area contributed by atoms with E-state index >= 15 is 0 Å². The summed E-state index contributed by atoms with van der Waals surface area (Å²) in [5.41, 5.74) is -0.794. The standard InChI is InChI=1S/C10H13ClN4O3/c1-6-7(15(17)18)8(13-9(11)12-6)14-4-3-10(2,16)5-14/h16H,3-5H2,1-2H3. The lowest BCUT2D eigenvalue weighted by Gasteiger charge is -2.20. The van der Waals surface area contributed by atoms with Crippen molar-refractivity contribution in [3.05, 3.63) is 21.1 Å². The number of anilines is 1. The van der Waals surface area contributed by atoms with Gasteiger partial charge in [-0.15, -0.1) is 0 Å². The summed E-state index contributed by atoms with van der Waals surface area (Å²) in [5.74, 6) is 0.176. The molecule has 2 heterocycles. The van der Waals surface area contributed by atoms with E-state index in [-0.39, 0.29) is 22.5 Å². The Morgan fingerprint density at radius 3 is 2.72 bits per heavy atom. The number of nitrogens with zero attached hydrogens (tertiary/aromatic N) is 4. The van der Waals surface area contributed by atoms with Gasteiger partial charge in [-0.1, -0.05) is 0 Å². The SMILES string of the molecule is Cc1nc(Cl)nc(N2CCC(C)(O)C2)c1[N+](=O)[O-]. The Labute approximate surface area is 109 Å². The third-order valence-electron chi connectivity index (χ3n) is 2.95. The minimum atomic E-state index is -0.862. The molecule has 0 amide bonds. The van der Waals surface area contributed by atoms with E-state index in [0.717, 1.165) is 0 Å². The molecule has 1 unspecified atom stereocenters. The molecule has 1 aliphatic heterocycles. The molecular formula is C10H13ClN4O3. The fourth-order valence-electron chi connectivity index (χ4n) is 2.08. The Bertz CT molecular complexity index is 506. The van der Waals surface area contributed by atoms with Gasteiger partial charge >= 0.3 is 5.69 Å². The van der Waals surface area contributed by atoms with Crippen LogP contribution in [0.5, 0.6) is 0 Å². The van der Waals surface area contributed by atoms with Crippen LogP contribution in [0.4, 0.5) is 11.5 Å². The van der Waals surface area contributed by atoms with Crippen molar-refractivity contribution in [2.24, 2.45) is 0 Å². The molecular weight excluding hydrogens is 260 g/mol. The van der Waals surface area contributed by atoms with Crippen molar-refractivity contribution in [3.8, 4) is 0 Å². The van der Waals surface area contributed by atoms with Gasteiger partial charge in [-0.2, -0.15) is 4.98 Å². The molecule has 7 nitrogen and oxygen atoms in total. The molecule has 1 saturated heterocycles. The monoisotopic (exact) mass is 272 g/mol. The van der Waals surface area contributed by atoms with Gasteiger partial charge in [0.05, 0.1) is 10.5 Å². The smallest absolute Gasteiger partial charge is 0.332 e. The lowest BCUT2D eigenvalue weighted by molar-refractivity contribution is -0.385. The second-order valence-electron chi connectivity index (χ2n) is 4.68. The normalized spacial score (nSPS) is 23.4. The Kier molecular flexibility index (Phi) is 3.12. The topological polar surface area (TPSA) is 92.4 Å². The molecule has 18 heavy (non-hydrogen) atoms. The van der Waals surface area contributed by atoms with Crippen LogP contribution in [0, 0.1) is 17.0 Å². The van der Waals surface area contributed by atoms with Crippen molar-refractivity contribution < 1.29 is 10.0 Å². The molecule has 1 N–H and O–H groups in total. The van der Waals surface area contributed by atoms with Gasteiger partial charge in [0.25, 0.3) is 0 Å². The van der Waals surface area contributed by atoms with E-state index in [9.17, 15) is 15.2 Å². The first kappa shape index (κ1) is 13.0. The molecule has 0 radical (unpaired) electrons. The predicted molar refractivity (Wildman–Crippen MR) is 65.9 cm³/mol. The highest BCUT2D eigenvalue weighted by Gasteiger charge is 2.36. The van der Waals surface area contributed by atoms with Crippen LogP contribution in [-0.4, -0.2) is 38.7 Å². The zero-order chi connectivity index (χ0) is 13.5. The van der Waals surface area contributed by atoms with Gasteiger partial charge in [-0.25, -0.2) is 4.98 Å². The average molecular weight is 273 g/mol. The van der Waals surface area contributed by atoms with Crippen LogP contribution in [0.2, 0.25) is 5.28 Å². The van der Waals surface area contributed by atoms with E-state index in [0.29, 0.717) is 19.5 Å². The average Bonchev–Trinajstić information content (AvgIpc) is 2.56. The first-order valence-electron chi connectivity index (χ1n) is 5.46. The number of hydrogen-bond donors (Lipinski definition) is 1. The number of aromatic nitrogens is 2. The van der Waals surface area contributed by atoms with Crippen molar-refractivity contribution in [2.75, 3.05) is 18.0 Å². The van der Waals surface area contributed by atoms with Gasteiger partial charge in [0.2, 0.25) is 11.1 Å². The quantitative estimate of drug-likeness (QED) is 0.496. The van der Waals surface area contributed by atoms with Crippen LogP contribution in [0.15, 0.2) is 0 Å². The van der Waals surface area contributed by atoms with Gasteiger partial charge in [-0.3, -0.25) is 10.1 Å². The van der Waals surface area contributed by atoms with Crippen molar-refractivity contribution in [3.63, 3.8) is 0 Å². The number of rotatable bonds is 2. The fraction of sp³-hybridized carbons (Fsp3) is 0.600. The summed E-state index contributed by atoms with van der Waals surface area (Å²) < 4.78 is 0. The minimum Gasteiger partial charge on any atom is -0.388 e. The molecule has 1 atom stereocenters. The fourth-order valence-corrected chi connectivity index (χ4v) is 2.29. The highest BCUT2D eigenvalue weighted by Crippen LogP contribution is 2.34. The van der Waals surface area contributed by atoms with Gasteiger partial charge < -0.3 is 10.0 Å². The maximum Gasteiger partial charge on any atom is 0.332 e. The van der Waals surface area contributed by atoms with Crippen LogP contribution in [0.25, 0.3) is 0 Å². The number of aryl methyl sites for hydroxylation is 1. The molecule has 1 aliphatic rings. The van der Waals surface area contributed by atoms with Crippen molar-refractivity contribution in [1.82, 2.24) is 9.97 Å². The molecule has 0 aromatic carbocycles. The van der Waals surface area contributed by atoms with Crippen molar-refractivity contribution >= 4 is 23.1 Å². The van der Waals surface area contributed by atoms with Gasteiger partial charge in [0.1, 0.15) is 5.69 Å². The molecule has 1 aromatic rings. The maximum absolute atomic E-state index is 11.1. The lowest BCUT2D eigenvalue weighted by atomic mass is 10.1. The van der Waals surface area contributed by atoms with Gasteiger partial charge in [0, 0.05) is 13.1 Å². The molecule has 0 aliphatic carbocycles. The molecule has 0 bridgehead atoms. The summed E-state index contributed by atoms with van der Waals surface area (Å²) in [5, 5.41) is 20.9. The van der Waals surface area contributed by atoms with E-state index in [1.54, 1.807) is 11.8 Å².